The number of carbonyl (C=O) groups is 1. The maximum Gasteiger partial charge on any atom is 0.265 e. The van der Waals surface area contributed by atoms with Crippen LogP contribution in [-0.2, 0) is 13.1 Å². The summed E-state index contributed by atoms with van der Waals surface area (Å²) >= 11 is 1.66. The molecule has 1 saturated carbocycles. The first-order valence-electron chi connectivity index (χ1n) is 8.43. The van der Waals surface area contributed by atoms with Crippen molar-refractivity contribution in [3.05, 3.63) is 51.2 Å². The fourth-order valence-electron chi connectivity index (χ4n) is 3.73. The fraction of sp³-hybridized carbons (Fsp3) is 0.421. The highest BCUT2D eigenvalue weighted by Gasteiger charge is 2.30. The van der Waals surface area contributed by atoms with Gasteiger partial charge in [0.2, 0.25) is 0 Å². The molecule has 1 aliphatic heterocycles. The van der Waals surface area contributed by atoms with Crippen molar-refractivity contribution < 1.29 is 4.79 Å². The zero-order chi connectivity index (χ0) is 15.8. The van der Waals surface area contributed by atoms with Gasteiger partial charge in [-0.3, -0.25) is 9.69 Å². The molecule has 0 unspecified atom stereocenters. The second-order valence-corrected chi connectivity index (χ2v) is 7.81. The van der Waals surface area contributed by atoms with Gasteiger partial charge in [0.05, 0.1) is 4.88 Å². The molecule has 1 amide bonds. The minimum absolute atomic E-state index is 0.0196. The number of hydrogen-bond donors (Lipinski definition) is 1. The van der Waals surface area contributed by atoms with Gasteiger partial charge in [-0.2, -0.15) is 0 Å². The molecule has 120 valence electrons. The van der Waals surface area contributed by atoms with E-state index in [-0.39, 0.29) is 5.91 Å². The van der Waals surface area contributed by atoms with Gasteiger partial charge in [-0.25, -0.2) is 0 Å². The average molecular weight is 326 g/mol. The minimum atomic E-state index is 0.0196. The van der Waals surface area contributed by atoms with Crippen LogP contribution in [0.2, 0.25) is 0 Å². The second kappa shape index (κ2) is 6.10. The van der Waals surface area contributed by atoms with Gasteiger partial charge < -0.3 is 5.32 Å². The smallest absolute Gasteiger partial charge is 0.265 e. The molecule has 0 spiro atoms. The highest BCUT2D eigenvalue weighted by atomic mass is 32.1. The molecule has 0 saturated heterocycles. The van der Waals surface area contributed by atoms with E-state index in [0.717, 1.165) is 35.3 Å². The first kappa shape index (κ1) is 14.9. The summed E-state index contributed by atoms with van der Waals surface area (Å²) in [6, 6.07) is 10.8. The van der Waals surface area contributed by atoms with Crippen molar-refractivity contribution in [3.8, 4) is 0 Å². The van der Waals surface area contributed by atoms with Crippen molar-refractivity contribution in [2.24, 2.45) is 0 Å². The van der Waals surface area contributed by atoms with E-state index in [9.17, 15) is 4.79 Å². The Morgan fingerprint density at radius 2 is 2.00 bits per heavy atom. The van der Waals surface area contributed by atoms with Crippen LogP contribution in [-0.4, -0.2) is 16.8 Å². The minimum Gasteiger partial charge on any atom is -0.321 e. The molecule has 2 aromatic rings. The van der Waals surface area contributed by atoms with E-state index >= 15 is 0 Å². The van der Waals surface area contributed by atoms with Gasteiger partial charge in [-0.1, -0.05) is 31.0 Å². The maximum atomic E-state index is 12.5. The number of rotatable bonds is 3. The molecular weight excluding hydrogens is 304 g/mol. The number of aryl methyl sites for hydroxylation is 1. The van der Waals surface area contributed by atoms with Crippen LogP contribution in [0.25, 0.3) is 0 Å². The Bertz CT molecular complexity index is 707. The zero-order valence-electron chi connectivity index (χ0n) is 13.5. The monoisotopic (exact) mass is 326 g/mol. The van der Waals surface area contributed by atoms with Crippen LogP contribution in [0.4, 0.5) is 5.69 Å². The average Bonchev–Trinajstić information content (AvgIpc) is 3.24. The Hall–Kier alpha value is -1.65. The number of hydrogen-bond acceptors (Lipinski definition) is 3. The lowest BCUT2D eigenvalue weighted by atomic mass is 10.2. The molecule has 2 heterocycles. The van der Waals surface area contributed by atoms with Gasteiger partial charge in [-0.05, 0) is 43.0 Å². The van der Waals surface area contributed by atoms with E-state index in [1.807, 2.05) is 31.2 Å². The number of nitrogens with one attached hydrogen (secondary N) is 1. The Morgan fingerprint density at radius 3 is 2.74 bits per heavy atom. The maximum absolute atomic E-state index is 12.5. The lowest BCUT2D eigenvalue weighted by Gasteiger charge is -2.22. The van der Waals surface area contributed by atoms with E-state index in [4.69, 9.17) is 0 Å². The van der Waals surface area contributed by atoms with Crippen molar-refractivity contribution >= 4 is 22.9 Å². The topological polar surface area (TPSA) is 32.3 Å². The number of para-hydroxylation sites is 1. The molecule has 1 aromatic heterocycles. The molecule has 1 fully saturated rings. The molecule has 0 radical (unpaired) electrons. The number of benzene rings is 1. The van der Waals surface area contributed by atoms with E-state index in [1.54, 1.807) is 11.3 Å². The molecule has 4 rings (SSSR count). The first-order chi connectivity index (χ1) is 11.2. The van der Waals surface area contributed by atoms with Crippen molar-refractivity contribution in [2.45, 2.75) is 51.7 Å². The molecule has 1 N–H and O–H groups in total. The summed E-state index contributed by atoms with van der Waals surface area (Å²) in [4.78, 5) is 17.3. The molecule has 2 aliphatic rings. The SMILES string of the molecule is Cc1ccccc1NC(=O)c1cc2c(s1)CN(C1CCCC1)C2. The van der Waals surface area contributed by atoms with Crippen LogP contribution in [0, 0.1) is 6.92 Å². The number of thiophene rings is 1. The van der Waals surface area contributed by atoms with Crippen molar-refractivity contribution in [3.63, 3.8) is 0 Å². The molecule has 1 aromatic carbocycles. The molecule has 3 nitrogen and oxygen atoms in total. The summed E-state index contributed by atoms with van der Waals surface area (Å²) < 4.78 is 0. The summed E-state index contributed by atoms with van der Waals surface area (Å²) in [6.07, 6.45) is 5.43. The van der Waals surface area contributed by atoms with Crippen LogP contribution >= 0.6 is 11.3 Å². The molecule has 1 aliphatic carbocycles. The Morgan fingerprint density at radius 1 is 1.22 bits per heavy atom. The third-order valence-electron chi connectivity index (χ3n) is 5.07. The zero-order valence-corrected chi connectivity index (χ0v) is 14.3. The van der Waals surface area contributed by atoms with Gasteiger partial charge in [0, 0.05) is 29.7 Å². The molecule has 0 atom stereocenters. The van der Waals surface area contributed by atoms with Crippen molar-refractivity contribution in [1.29, 1.82) is 0 Å². The van der Waals surface area contributed by atoms with Gasteiger partial charge in [-0.15, -0.1) is 11.3 Å². The third kappa shape index (κ3) is 2.93. The quantitative estimate of drug-likeness (QED) is 0.896. The Labute approximate surface area is 141 Å². The lowest BCUT2D eigenvalue weighted by molar-refractivity contribution is 0.103. The fourth-order valence-corrected chi connectivity index (χ4v) is 4.83. The lowest BCUT2D eigenvalue weighted by Crippen LogP contribution is -2.27. The summed E-state index contributed by atoms with van der Waals surface area (Å²) in [5, 5.41) is 3.04. The summed E-state index contributed by atoms with van der Waals surface area (Å²) in [5.74, 6) is 0.0196. The van der Waals surface area contributed by atoms with Gasteiger partial charge >= 0.3 is 0 Å². The van der Waals surface area contributed by atoms with E-state index < -0.39 is 0 Å². The third-order valence-corrected chi connectivity index (χ3v) is 6.24. The number of carbonyl (C=O) groups excluding carboxylic acids is 1. The van der Waals surface area contributed by atoms with Crippen LogP contribution in [0.5, 0.6) is 0 Å². The van der Waals surface area contributed by atoms with E-state index in [1.165, 1.54) is 36.1 Å². The molecular formula is C19H22N2OS. The summed E-state index contributed by atoms with van der Waals surface area (Å²) in [7, 11) is 0. The number of nitrogens with zero attached hydrogens (tertiary/aromatic N) is 1. The van der Waals surface area contributed by atoms with Gasteiger partial charge in [0.25, 0.3) is 5.91 Å². The van der Waals surface area contributed by atoms with Gasteiger partial charge in [0.15, 0.2) is 0 Å². The number of fused-ring (bicyclic) bond motifs is 1. The van der Waals surface area contributed by atoms with Crippen LogP contribution in [0.1, 0.15) is 51.4 Å². The molecule has 23 heavy (non-hydrogen) atoms. The van der Waals surface area contributed by atoms with Crippen LogP contribution in [0.15, 0.2) is 30.3 Å². The Balaban J connectivity index is 1.45. The predicted octanol–water partition coefficient (Wildman–Crippen LogP) is 4.57. The molecule has 4 heteroatoms. The highest BCUT2D eigenvalue weighted by molar-refractivity contribution is 7.14. The van der Waals surface area contributed by atoms with Crippen molar-refractivity contribution in [1.82, 2.24) is 4.90 Å². The van der Waals surface area contributed by atoms with E-state index in [0.29, 0.717) is 0 Å². The highest BCUT2D eigenvalue weighted by Crippen LogP contribution is 2.36. The van der Waals surface area contributed by atoms with Crippen molar-refractivity contribution in [2.75, 3.05) is 5.32 Å². The number of anilines is 1. The largest absolute Gasteiger partial charge is 0.321 e. The van der Waals surface area contributed by atoms with E-state index in [2.05, 4.69) is 16.3 Å². The second-order valence-electron chi connectivity index (χ2n) is 6.67. The standard InChI is InChI=1S/C19H22N2OS/c1-13-6-2-5-9-16(13)20-19(22)17-10-14-11-21(12-18(14)23-17)15-7-3-4-8-15/h2,5-6,9-10,15H,3-4,7-8,11-12H2,1H3,(H,20,22). The van der Waals surface area contributed by atoms with Crippen LogP contribution < -0.4 is 5.32 Å². The molecule has 0 bridgehead atoms. The predicted molar refractivity (Wildman–Crippen MR) is 95.0 cm³/mol. The number of amides is 1. The Kier molecular flexibility index (Phi) is 3.95. The normalized spacial score (nSPS) is 18.3. The first-order valence-corrected chi connectivity index (χ1v) is 9.25. The van der Waals surface area contributed by atoms with Crippen LogP contribution in [0.3, 0.4) is 0 Å². The van der Waals surface area contributed by atoms with Gasteiger partial charge in [0.1, 0.15) is 0 Å². The summed E-state index contributed by atoms with van der Waals surface area (Å²) in [6.45, 7) is 4.07. The summed E-state index contributed by atoms with van der Waals surface area (Å²) in [5.41, 5.74) is 3.35.